The predicted molar refractivity (Wildman–Crippen MR) is 66.6 cm³/mol. The number of nitrogens with zero attached hydrogens (tertiary/aromatic N) is 2. The van der Waals surface area contributed by atoms with Gasteiger partial charge in [-0.25, -0.2) is 9.19 Å². The lowest BCUT2D eigenvalue weighted by Crippen LogP contribution is -2.22. The Balaban J connectivity index is 0.000000487. The molecule has 1 heterocycles. The first-order valence-electron chi connectivity index (χ1n) is 4.50. The number of aliphatic hydroxyl groups is 1. The fraction of sp³-hybridized carbons (Fsp3) is 0.625. The molecular weight excluding hydrogens is 273 g/mol. The molecule has 0 aliphatic carbocycles. The van der Waals surface area contributed by atoms with Crippen LogP contribution in [-0.4, -0.2) is 44.4 Å². The van der Waals surface area contributed by atoms with Crippen molar-refractivity contribution < 1.29 is 9.32 Å². The van der Waals surface area contributed by atoms with Crippen molar-refractivity contribution in [1.29, 1.82) is 0 Å². The van der Waals surface area contributed by atoms with Gasteiger partial charge in [-0.05, 0) is 14.0 Å². The summed E-state index contributed by atoms with van der Waals surface area (Å²) in [6, 6.07) is 0. The molecule has 0 aromatic carbocycles. The molecule has 0 spiro atoms. The van der Waals surface area contributed by atoms with Gasteiger partial charge < -0.3 is 10.1 Å². The molecule has 0 radical (unpaired) electrons. The van der Waals surface area contributed by atoms with E-state index in [0.29, 0.717) is 6.54 Å². The number of aromatic nitrogens is 2. The maximum absolute atomic E-state index is 9.09. The lowest BCUT2D eigenvalue weighted by Gasteiger charge is -2.13. The predicted octanol–water partition coefficient (Wildman–Crippen LogP) is 1.18. The number of likely N-dealkylation sites (N-methyl/N-ethyl adjacent to an activating group) is 1. The summed E-state index contributed by atoms with van der Waals surface area (Å²) < 4.78 is 9.09. The number of halogens is 2. The third kappa shape index (κ3) is 8.06. The summed E-state index contributed by atoms with van der Waals surface area (Å²) in [5.74, 6) is 0. The normalized spacial score (nSPS) is 10.4. The van der Waals surface area contributed by atoms with Crippen molar-refractivity contribution in [3.8, 4) is 0 Å². The summed E-state index contributed by atoms with van der Waals surface area (Å²) in [6.07, 6.45) is 1.69. The zero-order chi connectivity index (χ0) is 12.6. The molecule has 5 nitrogen and oxygen atoms in total. The van der Waals surface area contributed by atoms with E-state index in [-0.39, 0.29) is 6.61 Å². The number of aryl methyl sites for hydroxylation is 1. The van der Waals surface area contributed by atoms with Gasteiger partial charge in [-0.2, -0.15) is 0 Å². The highest BCUT2D eigenvalue weighted by atomic mass is 36.0. The second-order valence-electron chi connectivity index (χ2n) is 3.12. The van der Waals surface area contributed by atoms with E-state index in [9.17, 15) is 0 Å². The van der Waals surface area contributed by atoms with Crippen LogP contribution in [0.1, 0.15) is 11.4 Å². The Morgan fingerprint density at radius 1 is 1.62 bits per heavy atom. The van der Waals surface area contributed by atoms with Gasteiger partial charge >= 0.3 is 0 Å². The van der Waals surface area contributed by atoms with Crippen molar-refractivity contribution in [3.05, 3.63) is 17.7 Å². The second-order valence-corrected chi connectivity index (χ2v) is 5.64. The van der Waals surface area contributed by atoms with Gasteiger partial charge in [-0.15, -0.1) is 0 Å². The lowest BCUT2D eigenvalue weighted by atomic mass is 10.3. The summed E-state index contributed by atoms with van der Waals surface area (Å²) in [4.78, 5) is 9.21. The molecule has 16 heavy (non-hydrogen) atoms. The van der Waals surface area contributed by atoms with E-state index in [0.717, 1.165) is 17.9 Å². The maximum Gasteiger partial charge on any atom is 0.211 e. The van der Waals surface area contributed by atoms with E-state index in [1.54, 1.807) is 6.33 Å². The van der Waals surface area contributed by atoms with Crippen LogP contribution in [0.25, 0.3) is 0 Å². The number of imidazole rings is 1. The number of aliphatic hydroxyl groups excluding tert-OH is 1. The van der Waals surface area contributed by atoms with Crippen LogP contribution < -0.4 is 0 Å². The van der Waals surface area contributed by atoms with Crippen molar-refractivity contribution in [3.63, 3.8) is 0 Å². The first-order valence-corrected chi connectivity index (χ1v) is 7.30. The smallest absolute Gasteiger partial charge is 0.211 e. The maximum atomic E-state index is 9.09. The number of rotatable bonds is 4. The minimum Gasteiger partial charge on any atom is -0.395 e. The van der Waals surface area contributed by atoms with Gasteiger partial charge in [0.2, 0.25) is 9.23 Å². The third-order valence-corrected chi connectivity index (χ3v) is 1.84. The quantitative estimate of drug-likeness (QED) is 0.816. The molecule has 0 saturated carbocycles. The molecule has 0 unspecified atom stereocenters. The number of hydrogen-bond acceptors (Lipinski definition) is 4. The average Bonchev–Trinajstić information content (AvgIpc) is 2.51. The monoisotopic (exact) mass is 287 g/mol. The molecule has 0 fully saturated rings. The van der Waals surface area contributed by atoms with Crippen LogP contribution in [0.15, 0.2) is 6.33 Å². The fourth-order valence-corrected chi connectivity index (χ4v) is 1.05. The molecule has 0 atom stereocenters. The zero-order valence-corrected chi connectivity index (χ0v) is 11.4. The van der Waals surface area contributed by atoms with Gasteiger partial charge in [0.25, 0.3) is 0 Å². The molecular formula is C8H15Cl2N3O2S. The Kier molecular flexibility index (Phi) is 8.87. The molecule has 0 aliphatic heterocycles. The van der Waals surface area contributed by atoms with Crippen LogP contribution in [-0.2, 0) is 15.8 Å². The van der Waals surface area contributed by atoms with Gasteiger partial charge in [-0.3, -0.25) is 4.90 Å². The molecule has 2 N–H and O–H groups in total. The molecule has 0 aliphatic rings. The second kappa shape index (κ2) is 8.95. The van der Waals surface area contributed by atoms with E-state index >= 15 is 0 Å². The molecule has 1 aromatic rings. The first kappa shape index (κ1) is 15.9. The van der Waals surface area contributed by atoms with E-state index in [2.05, 4.69) is 31.3 Å². The largest absolute Gasteiger partial charge is 0.395 e. The molecule has 0 saturated heterocycles. The van der Waals surface area contributed by atoms with E-state index in [1.807, 2.05) is 18.9 Å². The fourth-order valence-electron chi connectivity index (χ4n) is 1.05. The van der Waals surface area contributed by atoms with E-state index in [4.69, 9.17) is 9.32 Å². The van der Waals surface area contributed by atoms with Crippen LogP contribution in [0.2, 0.25) is 0 Å². The van der Waals surface area contributed by atoms with Crippen molar-refractivity contribution >= 4 is 30.6 Å². The molecule has 0 bridgehead atoms. The van der Waals surface area contributed by atoms with Crippen LogP contribution in [0, 0.1) is 6.92 Å². The number of nitrogens with one attached hydrogen (secondary N) is 1. The van der Waals surface area contributed by atoms with Crippen LogP contribution in [0.4, 0.5) is 0 Å². The highest BCUT2D eigenvalue weighted by Gasteiger charge is 2.03. The van der Waals surface area contributed by atoms with Crippen molar-refractivity contribution in [1.82, 2.24) is 14.9 Å². The summed E-state index contributed by atoms with van der Waals surface area (Å²) in [7, 11) is 9.32. The van der Waals surface area contributed by atoms with Gasteiger partial charge in [0.15, 0.2) is 0 Å². The first-order chi connectivity index (χ1) is 7.47. The van der Waals surface area contributed by atoms with Crippen molar-refractivity contribution in [2.75, 3.05) is 20.2 Å². The Morgan fingerprint density at radius 3 is 2.56 bits per heavy atom. The SMILES string of the molecule is Cc1[nH]cnc1CN(C)CCO.O=S(Cl)Cl. The average molecular weight is 288 g/mol. The Hall–Kier alpha value is -0.140. The lowest BCUT2D eigenvalue weighted by molar-refractivity contribution is 0.216. The topological polar surface area (TPSA) is 69.2 Å². The molecule has 8 heteroatoms. The highest BCUT2D eigenvalue weighted by molar-refractivity contribution is 8.26. The number of hydrogen-bond donors (Lipinski definition) is 2. The summed E-state index contributed by atoms with van der Waals surface area (Å²) in [6.45, 7) is 3.66. The standard InChI is InChI=1S/C8H15N3O.Cl2OS/c1-7-8(10-6-9-7)5-11(2)3-4-12;1-4(2)3/h6,12H,3-5H2,1-2H3,(H,9,10);. The Labute approximate surface area is 106 Å². The molecule has 1 aromatic heterocycles. The Bertz CT molecular complexity index is 318. The summed E-state index contributed by atoms with van der Waals surface area (Å²) >= 11 is 0. The van der Waals surface area contributed by atoms with E-state index in [1.165, 1.54) is 0 Å². The Morgan fingerprint density at radius 2 is 2.19 bits per heavy atom. The van der Waals surface area contributed by atoms with Gasteiger partial charge in [0.05, 0.1) is 18.6 Å². The summed E-state index contributed by atoms with van der Waals surface area (Å²) in [5.41, 5.74) is 2.14. The van der Waals surface area contributed by atoms with Gasteiger partial charge in [0.1, 0.15) is 0 Å². The van der Waals surface area contributed by atoms with Crippen LogP contribution >= 0.6 is 21.4 Å². The molecule has 1 rings (SSSR count). The molecule has 94 valence electrons. The highest BCUT2D eigenvalue weighted by Crippen LogP contribution is 2.02. The van der Waals surface area contributed by atoms with E-state index < -0.39 is 9.23 Å². The minimum absolute atomic E-state index is 0.194. The van der Waals surface area contributed by atoms with Crippen molar-refractivity contribution in [2.24, 2.45) is 0 Å². The summed E-state index contributed by atoms with van der Waals surface area (Å²) in [5, 5.41) is 8.66. The molecule has 0 amide bonds. The minimum atomic E-state index is -1.67. The van der Waals surface area contributed by atoms with Gasteiger partial charge in [-0.1, -0.05) is 0 Å². The number of H-pyrrole nitrogens is 1. The zero-order valence-electron chi connectivity index (χ0n) is 9.11. The third-order valence-electron chi connectivity index (χ3n) is 1.84. The number of aromatic amines is 1. The van der Waals surface area contributed by atoms with Crippen LogP contribution in [0.3, 0.4) is 0 Å². The van der Waals surface area contributed by atoms with Gasteiger partial charge in [0, 0.05) is 40.1 Å². The van der Waals surface area contributed by atoms with Crippen molar-refractivity contribution in [2.45, 2.75) is 13.5 Å². The van der Waals surface area contributed by atoms with Crippen LogP contribution in [0.5, 0.6) is 0 Å².